The van der Waals surface area contributed by atoms with Gasteiger partial charge in [0.25, 0.3) is 0 Å². The molecule has 7 nitrogen and oxygen atoms in total. The summed E-state index contributed by atoms with van der Waals surface area (Å²) in [5.74, 6) is -0.750. The molecule has 0 spiro atoms. The second-order valence-corrected chi connectivity index (χ2v) is 10.7. The first-order chi connectivity index (χ1) is 17.9. The standard InChI is InChI=1S/C30H25N3O4/c1-29-15-16-30(37-29,14-6-11-24-32-21-9-4-5-10-23(21)36-24)26-25(29)27(34)33(28(26)35)22-13-12-18(17-31)19-7-2-3-8-20(19)22/h2-5,7-10,12-13,25-26H,6,11,14-16H2,1H3/t25-,26+,29?,30?/m1/s1. The van der Waals surface area contributed by atoms with Gasteiger partial charge in [-0.3, -0.25) is 9.59 Å². The van der Waals surface area contributed by atoms with Gasteiger partial charge >= 0.3 is 0 Å². The molecule has 3 fully saturated rings. The van der Waals surface area contributed by atoms with Crippen LogP contribution in [0.15, 0.2) is 65.1 Å². The van der Waals surface area contributed by atoms with Crippen molar-refractivity contribution in [2.24, 2.45) is 11.8 Å². The number of aryl methyl sites for hydroxylation is 1. The van der Waals surface area contributed by atoms with Crippen LogP contribution in [0.4, 0.5) is 5.69 Å². The van der Waals surface area contributed by atoms with Crippen molar-refractivity contribution in [3.63, 3.8) is 0 Å². The average Bonchev–Trinajstić information content (AvgIpc) is 3.61. The number of hydrogen-bond donors (Lipinski definition) is 0. The van der Waals surface area contributed by atoms with Crippen molar-refractivity contribution >= 4 is 39.4 Å². The summed E-state index contributed by atoms with van der Waals surface area (Å²) in [6.45, 7) is 1.98. The van der Waals surface area contributed by atoms with Gasteiger partial charge in [-0.25, -0.2) is 9.88 Å². The molecule has 1 aromatic heterocycles. The van der Waals surface area contributed by atoms with Gasteiger partial charge in [0.05, 0.1) is 40.4 Å². The molecule has 3 saturated heterocycles. The zero-order valence-electron chi connectivity index (χ0n) is 20.4. The van der Waals surface area contributed by atoms with Crippen LogP contribution in [0, 0.1) is 23.2 Å². The summed E-state index contributed by atoms with van der Waals surface area (Å²) in [6.07, 6.45) is 3.54. The SMILES string of the molecule is CC12CCC(CCCc3nc4ccccc4o3)(O1)[C@@H]1C(=O)N(c3ccc(C#N)c4ccccc34)C(=O)[C@@H]12. The van der Waals surface area contributed by atoms with E-state index in [0.29, 0.717) is 30.0 Å². The monoisotopic (exact) mass is 491 g/mol. The molecule has 0 aliphatic carbocycles. The predicted molar refractivity (Wildman–Crippen MR) is 137 cm³/mol. The second kappa shape index (κ2) is 7.74. The Bertz CT molecular complexity index is 1620. The number of hydrogen-bond acceptors (Lipinski definition) is 6. The Hall–Kier alpha value is -4.02. The van der Waals surface area contributed by atoms with Crippen LogP contribution < -0.4 is 4.90 Å². The number of oxazole rings is 1. The molecule has 0 radical (unpaired) electrons. The van der Waals surface area contributed by atoms with Crippen LogP contribution >= 0.6 is 0 Å². The predicted octanol–water partition coefficient (Wildman–Crippen LogP) is 5.30. The molecule has 4 atom stereocenters. The summed E-state index contributed by atoms with van der Waals surface area (Å²) < 4.78 is 12.5. The van der Waals surface area contributed by atoms with Crippen LogP contribution in [0.25, 0.3) is 21.9 Å². The van der Waals surface area contributed by atoms with Crippen LogP contribution in [-0.4, -0.2) is 28.0 Å². The number of benzene rings is 3. The summed E-state index contributed by atoms with van der Waals surface area (Å²) in [5.41, 5.74) is 1.33. The van der Waals surface area contributed by atoms with E-state index in [1.165, 1.54) is 4.90 Å². The van der Waals surface area contributed by atoms with Gasteiger partial charge in [0.1, 0.15) is 5.52 Å². The molecule has 3 aliphatic heterocycles. The maximum Gasteiger partial charge on any atom is 0.240 e. The molecule has 0 N–H and O–H groups in total. The molecule has 7 rings (SSSR count). The average molecular weight is 492 g/mol. The Morgan fingerprint density at radius 3 is 2.57 bits per heavy atom. The summed E-state index contributed by atoms with van der Waals surface area (Å²) >= 11 is 0. The van der Waals surface area contributed by atoms with E-state index in [2.05, 4.69) is 11.1 Å². The van der Waals surface area contributed by atoms with Crippen molar-refractivity contribution in [3.05, 3.63) is 72.1 Å². The second-order valence-electron chi connectivity index (χ2n) is 10.7. The number of carbonyl (C=O) groups is 2. The summed E-state index contributed by atoms with van der Waals surface area (Å²) in [4.78, 5) is 33.8. The number of ether oxygens (including phenoxy) is 1. The van der Waals surface area contributed by atoms with Crippen LogP contribution in [-0.2, 0) is 20.7 Å². The number of rotatable bonds is 5. The van der Waals surface area contributed by atoms with E-state index >= 15 is 0 Å². The highest BCUT2D eigenvalue weighted by Crippen LogP contribution is 2.62. The van der Waals surface area contributed by atoms with Crippen LogP contribution in [0.2, 0.25) is 0 Å². The zero-order valence-corrected chi connectivity index (χ0v) is 20.4. The fraction of sp³-hybridized carbons (Fsp3) is 0.333. The van der Waals surface area contributed by atoms with Crippen molar-refractivity contribution < 1.29 is 18.7 Å². The van der Waals surface area contributed by atoms with Gasteiger partial charge in [-0.15, -0.1) is 0 Å². The number of imide groups is 1. The summed E-state index contributed by atoms with van der Waals surface area (Å²) in [7, 11) is 0. The lowest BCUT2D eigenvalue weighted by Crippen LogP contribution is -2.42. The summed E-state index contributed by atoms with van der Waals surface area (Å²) in [6, 6.07) is 20.8. The first-order valence-corrected chi connectivity index (χ1v) is 12.8. The smallest absolute Gasteiger partial charge is 0.240 e. The first kappa shape index (κ1) is 22.2. The fourth-order valence-electron chi connectivity index (χ4n) is 6.99. The maximum atomic E-state index is 14.0. The van der Waals surface area contributed by atoms with E-state index in [1.54, 1.807) is 12.1 Å². The topological polar surface area (TPSA) is 96.4 Å². The maximum absolute atomic E-state index is 14.0. The van der Waals surface area contributed by atoms with E-state index in [0.717, 1.165) is 41.1 Å². The van der Waals surface area contributed by atoms with E-state index in [-0.39, 0.29) is 11.8 Å². The van der Waals surface area contributed by atoms with Gasteiger partial charge in [0, 0.05) is 17.2 Å². The van der Waals surface area contributed by atoms with Crippen molar-refractivity contribution in [1.29, 1.82) is 5.26 Å². The molecule has 4 heterocycles. The Labute approximate surface area is 213 Å². The number of amides is 2. The highest BCUT2D eigenvalue weighted by atomic mass is 16.5. The molecule has 2 unspecified atom stereocenters. The summed E-state index contributed by atoms with van der Waals surface area (Å²) in [5, 5.41) is 11.0. The van der Waals surface area contributed by atoms with Crippen LogP contribution in [0.1, 0.15) is 44.1 Å². The van der Waals surface area contributed by atoms with Gasteiger partial charge < -0.3 is 9.15 Å². The molecule has 0 saturated carbocycles. The molecule has 7 heteroatoms. The van der Waals surface area contributed by atoms with E-state index < -0.39 is 23.0 Å². The Morgan fingerprint density at radius 2 is 1.76 bits per heavy atom. The lowest BCUT2D eigenvalue weighted by Gasteiger charge is -2.31. The third kappa shape index (κ3) is 3.06. The number of nitriles is 1. The van der Waals surface area contributed by atoms with E-state index in [4.69, 9.17) is 9.15 Å². The first-order valence-electron chi connectivity index (χ1n) is 12.8. The largest absolute Gasteiger partial charge is 0.441 e. The number of para-hydroxylation sites is 2. The molecule has 2 amide bonds. The Kier molecular flexibility index (Phi) is 4.64. The molecule has 4 aromatic rings. The third-order valence-corrected chi connectivity index (χ3v) is 8.60. The van der Waals surface area contributed by atoms with Gasteiger partial charge in [-0.1, -0.05) is 36.4 Å². The minimum Gasteiger partial charge on any atom is -0.441 e. The molecule has 3 aromatic carbocycles. The van der Waals surface area contributed by atoms with Crippen LogP contribution in [0.3, 0.4) is 0 Å². The Morgan fingerprint density at radius 1 is 1.00 bits per heavy atom. The van der Waals surface area contributed by atoms with Gasteiger partial charge in [-0.05, 0) is 56.9 Å². The fourth-order valence-corrected chi connectivity index (χ4v) is 6.99. The highest BCUT2D eigenvalue weighted by Gasteiger charge is 2.73. The zero-order chi connectivity index (χ0) is 25.4. The van der Waals surface area contributed by atoms with Crippen molar-refractivity contribution in [3.8, 4) is 6.07 Å². The number of anilines is 1. The molecule has 3 aliphatic rings. The van der Waals surface area contributed by atoms with Gasteiger partial charge in [0.2, 0.25) is 11.8 Å². The molecule has 184 valence electrons. The lowest BCUT2D eigenvalue weighted by molar-refractivity contribution is -0.130. The van der Waals surface area contributed by atoms with E-state index in [1.807, 2.05) is 55.5 Å². The quantitative estimate of drug-likeness (QED) is 0.351. The number of nitrogens with zero attached hydrogens (tertiary/aromatic N) is 3. The van der Waals surface area contributed by atoms with Crippen molar-refractivity contribution in [2.45, 2.75) is 50.2 Å². The lowest BCUT2D eigenvalue weighted by atomic mass is 9.67. The van der Waals surface area contributed by atoms with Crippen molar-refractivity contribution in [2.75, 3.05) is 4.90 Å². The number of fused-ring (bicyclic) bond motifs is 7. The molecule has 2 bridgehead atoms. The van der Waals surface area contributed by atoms with Gasteiger partial charge in [0.15, 0.2) is 11.5 Å². The highest BCUT2D eigenvalue weighted by molar-refractivity contribution is 6.26. The number of aromatic nitrogens is 1. The van der Waals surface area contributed by atoms with Crippen molar-refractivity contribution in [1.82, 2.24) is 4.98 Å². The molecular formula is C30H25N3O4. The molecular weight excluding hydrogens is 466 g/mol. The number of carbonyl (C=O) groups excluding carboxylic acids is 2. The Balaban J connectivity index is 1.20. The minimum atomic E-state index is -0.671. The molecule has 37 heavy (non-hydrogen) atoms. The normalized spacial score (nSPS) is 28.4. The van der Waals surface area contributed by atoms with Crippen LogP contribution in [0.5, 0.6) is 0 Å². The third-order valence-electron chi connectivity index (χ3n) is 8.60. The van der Waals surface area contributed by atoms with Gasteiger partial charge in [-0.2, -0.15) is 5.26 Å². The van der Waals surface area contributed by atoms with E-state index in [9.17, 15) is 14.9 Å². The minimum absolute atomic E-state index is 0.199.